The van der Waals surface area contributed by atoms with E-state index in [1.54, 1.807) is 0 Å². The van der Waals surface area contributed by atoms with Gasteiger partial charge in [-0.05, 0) is 61.3 Å². The molecule has 1 aromatic rings. The van der Waals surface area contributed by atoms with Gasteiger partial charge < -0.3 is 4.74 Å². The summed E-state index contributed by atoms with van der Waals surface area (Å²) >= 11 is 5.72. The van der Waals surface area contributed by atoms with Gasteiger partial charge in [-0.15, -0.1) is 11.6 Å². The first-order chi connectivity index (χ1) is 8.29. The minimum atomic E-state index is 0.655. The van der Waals surface area contributed by atoms with Crippen molar-refractivity contribution in [3.63, 3.8) is 0 Å². The van der Waals surface area contributed by atoms with Gasteiger partial charge in [0.2, 0.25) is 0 Å². The van der Waals surface area contributed by atoms with Gasteiger partial charge >= 0.3 is 0 Å². The summed E-state index contributed by atoms with van der Waals surface area (Å²) in [6, 6.07) is 6.55. The Morgan fingerprint density at radius 3 is 2.88 bits per heavy atom. The highest BCUT2D eigenvalue weighted by atomic mass is 35.5. The number of benzene rings is 1. The van der Waals surface area contributed by atoms with Crippen molar-refractivity contribution in [1.29, 1.82) is 0 Å². The predicted molar refractivity (Wildman–Crippen MR) is 73.1 cm³/mol. The quantitative estimate of drug-likeness (QED) is 0.690. The van der Waals surface area contributed by atoms with Crippen LogP contribution < -0.4 is 4.74 Å². The molecule has 1 nitrogen and oxygen atoms in total. The summed E-state index contributed by atoms with van der Waals surface area (Å²) in [5.74, 6) is 2.44. The lowest BCUT2D eigenvalue weighted by Crippen LogP contribution is -2.05. The summed E-state index contributed by atoms with van der Waals surface area (Å²) in [6.07, 6.45) is 5.92. The molecule has 0 N–H and O–H groups in total. The summed E-state index contributed by atoms with van der Waals surface area (Å²) in [4.78, 5) is 0. The van der Waals surface area contributed by atoms with Crippen molar-refractivity contribution >= 4 is 11.6 Å². The third kappa shape index (κ3) is 3.64. The van der Waals surface area contributed by atoms with Crippen LogP contribution in [-0.4, -0.2) is 12.5 Å². The molecule has 0 saturated heterocycles. The summed E-state index contributed by atoms with van der Waals surface area (Å²) in [7, 11) is 0. The van der Waals surface area contributed by atoms with E-state index in [9.17, 15) is 0 Å². The molecule has 2 heteroatoms. The topological polar surface area (TPSA) is 9.23 Å². The van der Waals surface area contributed by atoms with E-state index in [4.69, 9.17) is 16.3 Å². The number of alkyl halides is 1. The van der Waals surface area contributed by atoms with Crippen LogP contribution in [0.15, 0.2) is 18.2 Å². The molecule has 0 bridgehead atoms. The number of halogens is 1. The van der Waals surface area contributed by atoms with Gasteiger partial charge in [0.25, 0.3) is 0 Å². The second-order valence-electron chi connectivity index (χ2n) is 5.00. The average molecular weight is 253 g/mol. The number of hydrogen-bond donors (Lipinski definition) is 0. The maximum Gasteiger partial charge on any atom is 0.119 e. The summed E-state index contributed by atoms with van der Waals surface area (Å²) in [6.45, 7) is 3.03. The van der Waals surface area contributed by atoms with E-state index in [0.717, 1.165) is 31.1 Å². The van der Waals surface area contributed by atoms with Gasteiger partial charge in [-0.3, -0.25) is 0 Å². The molecule has 1 aliphatic rings. The van der Waals surface area contributed by atoms with Crippen molar-refractivity contribution in [2.24, 2.45) is 5.92 Å². The van der Waals surface area contributed by atoms with Crippen molar-refractivity contribution in [1.82, 2.24) is 0 Å². The summed E-state index contributed by atoms with van der Waals surface area (Å²) in [5, 5.41) is 0. The highest BCUT2D eigenvalue weighted by Crippen LogP contribution is 2.26. The zero-order valence-corrected chi connectivity index (χ0v) is 11.3. The van der Waals surface area contributed by atoms with Gasteiger partial charge in [0, 0.05) is 5.88 Å². The number of ether oxygens (including phenoxy) is 1. The molecule has 1 atom stereocenters. The smallest absolute Gasteiger partial charge is 0.119 e. The van der Waals surface area contributed by atoms with E-state index in [0.29, 0.717) is 5.92 Å². The molecule has 0 spiro atoms. The van der Waals surface area contributed by atoms with Gasteiger partial charge in [-0.1, -0.05) is 13.0 Å². The van der Waals surface area contributed by atoms with Crippen LogP contribution in [-0.2, 0) is 12.8 Å². The fourth-order valence-corrected chi connectivity index (χ4v) is 2.72. The Kier molecular flexibility index (Phi) is 4.73. The number of fused-ring (bicyclic) bond motifs is 1. The Bertz CT molecular complexity index is 362. The first kappa shape index (κ1) is 12.8. The van der Waals surface area contributed by atoms with Crippen LogP contribution in [0.1, 0.15) is 37.3 Å². The van der Waals surface area contributed by atoms with Crippen molar-refractivity contribution in [3.8, 4) is 5.75 Å². The molecular formula is C15H21ClO. The van der Waals surface area contributed by atoms with Crippen LogP contribution in [0.4, 0.5) is 0 Å². The lowest BCUT2D eigenvalue weighted by Gasteiger charge is -2.11. The third-order valence-electron chi connectivity index (χ3n) is 3.55. The SMILES string of the molecule is CC(CCCl)CCOc1ccc2c(c1)CCC2. The lowest BCUT2D eigenvalue weighted by atomic mass is 10.1. The van der Waals surface area contributed by atoms with Gasteiger partial charge in [0.1, 0.15) is 5.75 Å². The first-order valence-corrected chi connectivity index (χ1v) is 7.13. The van der Waals surface area contributed by atoms with Crippen LogP contribution in [0, 0.1) is 5.92 Å². The molecule has 0 amide bonds. The Morgan fingerprint density at radius 2 is 2.06 bits per heavy atom. The third-order valence-corrected chi connectivity index (χ3v) is 3.77. The normalized spacial score (nSPS) is 15.6. The molecule has 0 saturated carbocycles. The Balaban J connectivity index is 1.79. The molecule has 1 aliphatic carbocycles. The maximum atomic E-state index is 5.81. The number of rotatable bonds is 6. The molecule has 0 radical (unpaired) electrons. The van der Waals surface area contributed by atoms with Crippen molar-refractivity contribution in [2.75, 3.05) is 12.5 Å². The Labute approximate surface area is 109 Å². The van der Waals surface area contributed by atoms with E-state index in [2.05, 4.69) is 25.1 Å². The second-order valence-corrected chi connectivity index (χ2v) is 5.38. The monoisotopic (exact) mass is 252 g/mol. The molecule has 0 aromatic heterocycles. The fourth-order valence-electron chi connectivity index (χ4n) is 2.35. The molecule has 2 rings (SSSR count). The van der Waals surface area contributed by atoms with Crippen molar-refractivity contribution < 1.29 is 4.74 Å². The second kappa shape index (κ2) is 6.30. The zero-order chi connectivity index (χ0) is 12.1. The van der Waals surface area contributed by atoms with E-state index < -0.39 is 0 Å². The molecule has 1 unspecified atom stereocenters. The van der Waals surface area contributed by atoms with Gasteiger partial charge in [0.05, 0.1) is 6.61 Å². The minimum absolute atomic E-state index is 0.655. The van der Waals surface area contributed by atoms with E-state index >= 15 is 0 Å². The highest BCUT2D eigenvalue weighted by Gasteiger charge is 2.11. The molecule has 0 heterocycles. The van der Waals surface area contributed by atoms with Crippen LogP contribution >= 0.6 is 11.6 Å². The highest BCUT2D eigenvalue weighted by molar-refractivity contribution is 6.17. The van der Waals surface area contributed by atoms with Crippen molar-refractivity contribution in [3.05, 3.63) is 29.3 Å². The van der Waals surface area contributed by atoms with Gasteiger partial charge in [0.15, 0.2) is 0 Å². The van der Waals surface area contributed by atoms with E-state index in [1.807, 2.05) is 0 Å². The minimum Gasteiger partial charge on any atom is -0.494 e. The predicted octanol–water partition coefficient (Wildman–Crippen LogP) is 4.21. The first-order valence-electron chi connectivity index (χ1n) is 6.60. The fraction of sp³-hybridized carbons (Fsp3) is 0.600. The zero-order valence-electron chi connectivity index (χ0n) is 10.5. The molecule has 94 valence electrons. The summed E-state index contributed by atoms with van der Waals surface area (Å²) in [5.41, 5.74) is 2.99. The van der Waals surface area contributed by atoms with Crippen LogP contribution in [0.3, 0.4) is 0 Å². The van der Waals surface area contributed by atoms with E-state index in [1.165, 1.54) is 30.4 Å². The van der Waals surface area contributed by atoms with Gasteiger partial charge in [-0.2, -0.15) is 0 Å². The lowest BCUT2D eigenvalue weighted by molar-refractivity contribution is 0.282. The van der Waals surface area contributed by atoms with Crippen LogP contribution in [0.2, 0.25) is 0 Å². The molecule has 0 aliphatic heterocycles. The summed E-state index contributed by atoms with van der Waals surface area (Å²) < 4.78 is 5.81. The van der Waals surface area contributed by atoms with Crippen LogP contribution in [0.5, 0.6) is 5.75 Å². The van der Waals surface area contributed by atoms with Crippen molar-refractivity contribution in [2.45, 2.75) is 39.0 Å². The maximum absolute atomic E-state index is 5.81. The largest absolute Gasteiger partial charge is 0.494 e. The number of aryl methyl sites for hydroxylation is 2. The van der Waals surface area contributed by atoms with E-state index in [-0.39, 0.29) is 0 Å². The number of hydrogen-bond acceptors (Lipinski definition) is 1. The standard InChI is InChI=1S/C15H21ClO/c1-12(7-9-16)8-10-17-15-6-5-13-3-2-4-14(13)11-15/h5-6,11-12H,2-4,7-10H2,1H3. The Morgan fingerprint density at radius 1 is 1.24 bits per heavy atom. The van der Waals surface area contributed by atoms with Crippen LogP contribution in [0.25, 0.3) is 0 Å². The molecular weight excluding hydrogens is 232 g/mol. The van der Waals surface area contributed by atoms with Gasteiger partial charge in [-0.25, -0.2) is 0 Å². The Hall–Kier alpha value is -0.690. The average Bonchev–Trinajstić information content (AvgIpc) is 2.76. The molecule has 0 fully saturated rings. The molecule has 1 aromatic carbocycles. The molecule has 17 heavy (non-hydrogen) atoms.